The normalized spacial score (nSPS) is 28.6. The molecule has 2 fully saturated rings. The Balaban J connectivity index is 1.88. The van der Waals surface area contributed by atoms with Crippen LogP contribution in [0.4, 0.5) is 8.78 Å². The van der Waals surface area contributed by atoms with Crippen molar-refractivity contribution in [3.63, 3.8) is 0 Å². The maximum absolute atomic E-state index is 12.7. The predicted molar refractivity (Wildman–Crippen MR) is 61.1 cm³/mol. The topological polar surface area (TPSA) is 50.8 Å². The number of nitrogens with zero attached hydrogens (tertiary/aromatic N) is 2. The molecule has 17 heavy (non-hydrogen) atoms. The van der Waals surface area contributed by atoms with Gasteiger partial charge in [0.1, 0.15) is 0 Å². The number of rotatable bonds is 3. The molecule has 2 rings (SSSR count). The van der Waals surface area contributed by atoms with Crippen LogP contribution in [0.25, 0.3) is 0 Å². The van der Waals surface area contributed by atoms with Gasteiger partial charge in [-0.25, -0.2) is 8.78 Å². The fourth-order valence-electron chi connectivity index (χ4n) is 1.97. The van der Waals surface area contributed by atoms with E-state index >= 15 is 0 Å². The molecule has 4 nitrogen and oxygen atoms in total. The summed E-state index contributed by atoms with van der Waals surface area (Å²) >= 11 is 0. The molecule has 2 N–H and O–H groups in total. The van der Waals surface area contributed by atoms with Gasteiger partial charge in [0.2, 0.25) is 6.43 Å². The summed E-state index contributed by atoms with van der Waals surface area (Å²) in [4.78, 5) is 6.02. The standard InChI is InChI=1S/C11H19F2N3O/c1-8-6-16(4-5-17-8)10(14)15-7-11(2-3-11)9(12)13/h8-9H,2-7H2,1H3,(H2,14,15). The predicted octanol–water partition coefficient (Wildman–Crippen LogP) is 1.07. The van der Waals surface area contributed by atoms with E-state index < -0.39 is 11.8 Å². The summed E-state index contributed by atoms with van der Waals surface area (Å²) in [6.07, 6.45) is -1.06. The number of hydrogen-bond acceptors (Lipinski definition) is 2. The molecule has 1 heterocycles. The molecule has 98 valence electrons. The van der Waals surface area contributed by atoms with Crippen molar-refractivity contribution in [3.05, 3.63) is 0 Å². The highest BCUT2D eigenvalue weighted by Crippen LogP contribution is 2.50. The molecule has 1 unspecified atom stereocenters. The number of ether oxygens (including phenoxy) is 1. The lowest BCUT2D eigenvalue weighted by molar-refractivity contribution is 0.00509. The molecule has 1 saturated heterocycles. The summed E-state index contributed by atoms with van der Waals surface area (Å²) in [6.45, 7) is 4.07. The third kappa shape index (κ3) is 2.86. The largest absolute Gasteiger partial charge is 0.375 e. The highest BCUT2D eigenvalue weighted by Gasteiger charge is 2.51. The van der Waals surface area contributed by atoms with E-state index in [1.165, 1.54) is 0 Å². The third-order valence-corrected chi connectivity index (χ3v) is 3.48. The lowest BCUT2D eigenvalue weighted by Crippen LogP contribution is -2.48. The van der Waals surface area contributed by atoms with Crippen molar-refractivity contribution in [2.75, 3.05) is 26.2 Å². The summed E-state index contributed by atoms with van der Waals surface area (Å²) in [5, 5.41) is 0. The van der Waals surface area contributed by atoms with Gasteiger partial charge < -0.3 is 15.4 Å². The zero-order valence-electron chi connectivity index (χ0n) is 10.0. The van der Waals surface area contributed by atoms with E-state index in [4.69, 9.17) is 10.5 Å². The Hall–Kier alpha value is -0.910. The van der Waals surface area contributed by atoms with Gasteiger partial charge in [-0.15, -0.1) is 0 Å². The van der Waals surface area contributed by atoms with Crippen molar-refractivity contribution < 1.29 is 13.5 Å². The van der Waals surface area contributed by atoms with Crippen LogP contribution >= 0.6 is 0 Å². The van der Waals surface area contributed by atoms with Crippen molar-refractivity contribution >= 4 is 5.96 Å². The van der Waals surface area contributed by atoms with E-state index in [0.717, 1.165) is 0 Å². The van der Waals surface area contributed by atoms with Crippen LogP contribution in [0.15, 0.2) is 4.99 Å². The Labute approximate surface area is 99.8 Å². The quantitative estimate of drug-likeness (QED) is 0.599. The Bertz CT molecular complexity index is 305. The minimum absolute atomic E-state index is 0.113. The summed E-state index contributed by atoms with van der Waals surface area (Å²) < 4.78 is 30.8. The SMILES string of the molecule is CC1CN(C(N)=NCC2(C(F)F)CC2)CCO1. The number of morpholine rings is 1. The van der Waals surface area contributed by atoms with Gasteiger partial charge in [-0.3, -0.25) is 4.99 Å². The fraction of sp³-hybridized carbons (Fsp3) is 0.909. The van der Waals surface area contributed by atoms with Gasteiger partial charge in [-0.05, 0) is 19.8 Å². The first-order valence-corrected chi connectivity index (χ1v) is 5.98. The molecule has 0 aromatic heterocycles. The molecule has 0 amide bonds. The van der Waals surface area contributed by atoms with E-state index in [2.05, 4.69) is 4.99 Å². The van der Waals surface area contributed by atoms with E-state index in [1.54, 1.807) is 0 Å². The van der Waals surface area contributed by atoms with Crippen molar-refractivity contribution in [2.45, 2.75) is 32.3 Å². The Kier molecular flexibility index (Phi) is 3.51. The van der Waals surface area contributed by atoms with Crippen molar-refractivity contribution in [2.24, 2.45) is 16.1 Å². The van der Waals surface area contributed by atoms with Crippen LogP contribution in [0, 0.1) is 5.41 Å². The van der Waals surface area contributed by atoms with Gasteiger partial charge >= 0.3 is 0 Å². The molecule has 1 aliphatic carbocycles. The summed E-state index contributed by atoms with van der Waals surface area (Å²) in [5.41, 5.74) is 4.93. The van der Waals surface area contributed by atoms with Gasteiger partial charge in [-0.2, -0.15) is 0 Å². The third-order valence-electron chi connectivity index (χ3n) is 3.48. The number of nitrogens with two attached hydrogens (primary N) is 1. The van der Waals surface area contributed by atoms with Gasteiger partial charge in [-0.1, -0.05) is 0 Å². The highest BCUT2D eigenvalue weighted by molar-refractivity contribution is 5.78. The van der Waals surface area contributed by atoms with E-state index in [1.807, 2.05) is 11.8 Å². The second kappa shape index (κ2) is 4.76. The molecular formula is C11H19F2N3O. The summed E-state index contributed by atoms with van der Waals surface area (Å²) in [6, 6.07) is 0. The minimum atomic E-state index is -2.29. The van der Waals surface area contributed by atoms with Crippen LogP contribution in [0.5, 0.6) is 0 Å². The lowest BCUT2D eigenvalue weighted by Gasteiger charge is -2.32. The molecule has 0 bridgehead atoms. The molecule has 0 aromatic carbocycles. The molecule has 1 aliphatic heterocycles. The maximum atomic E-state index is 12.7. The van der Waals surface area contributed by atoms with Gasteiger partial charge in [0.25, 0.3) is 0 Å². The zero-order valence-corrected chi connectivity index (χ0v) is 10.0. The molecule has 0 spiro atoms. The first-order chi connectivity index (χ1) is 8.03. The minimum Gasteiger partial charge on any atom is -0.375 e. The number of alkyl halides is 2. The van der Waals surface area contributed by atoms with E-state index in [-0.39, 0.29) is 12.6 Å². The van der Waals surface area contributed by atoms with Crippen molar-refractivity contribution in [1.82, 2.24) is 4.90 Å². The molecule has 0 aromatic rings. The number of aliphatic imine (C=N–C) groups is 1. The molecular weight excluding hydrogens is 228 g/mol. The highest BCUT2D eigenvalue weighted by atomic mass is 19.3. The Morgan fingerprint density at radius 2 is 2.29 bits per heavy atom. The van der Waals surface area contributed by atoms with Gasteiger partial charge in [0, 0.05) is 13.1 Å². The lowest BCUT2D eigenvalue weighted by atomic mass is 10.1. The summed E-state index contributed by atoms with van der Waals surface area (Å²) in [5.74, 6) is 0.368. The average Bonchev–Trinajstić information content (AvgIpc) is 3.07. The van der Waals surface area contributed by atoms with E-state index in [9.17, 15) is 8.78 Å². The van der Waals surface area contributed by atoms with Gasteiger partial charge in [0.05, 0.1) is 24.7 Å². The smallest absolute Gasteiger partial charge is 0.245 e. The van der Waals surface area contributed by atoms with E-state index in [0.29, 0.717) is 38.5 Å². The molecule has 1 atom stereocenters. The second-order valence-electron chi connectivity index (χ2n) is 4.96. The summed E-state index contributed by atoms with van der Waals surface area (Å²) in [7, 11) is 0. The Morgan fingerprint density at radius 3 is 2.82 bits per heavy atom. The zero-order chi connectivity index (χ0) is 12.5. The fourth-order valence-corrected chi connectivity index (χ4v) is 1.97. The van der Waals surface area contributed by atoms with Crippen LogP contribution < -0.4 is 5.73 Å². The first-order valence-electron chi connectivity index (χ1n) is 5.98. The monoisotopic (exact) mass is 247 g/mol. The number of hydrogen-bond donors (Lipinski definition) is 1. The van der Waals surface area contributed by atoms with Crippen LogP contribution in [-0.4, -0.2) is 49.6 Å². The van der Waals surface area contributed by atoms with Crippen LogP contribution in [0.1, 0.15) is 19.8 Å². The average molecular weight is 247 g/mol. The number of halogens is 2. The first kappa shape index (κ1) is 12.5. The Morgan fingerprint density at radius 1 is 1.59 bits per heavy atom. The molecule has 1 saturated carbocycles. The van der Waals surface area contributed by atoms with Crippen LogP contribution in [-0.2, 0) is 4.74 Å². The molecule has 0 radical (unpaired) electrons. The number of guanidine groups is 1. The van der Waals surface area contributed by atoms with Crippen molar-refractivity contribution in [3.8, 4) is 0 Å². The van der Waals surface area contributed by atoms with Crippen LogP contribution in [0.2, 0.25) is 0 Å². The molecule has 6 heteroatoms. The second-order valence-corrected chi connectivity index (χ2v) is 4.96. The molecule has 2 aliphatic rings. The van der Waals surface area contributed by atoms with Crippen LogP contribution in [0.3, 0.4) is 0 Å². The van der Waals surface area contributed by atoms with Crippen molar-refractivity contribution in [1.29, 1.82) is 0 Å². The van der Waals surface area contributed by atoms with Gasteiger partial charge in [0.15, 0.2) is 5.96 Å². The maximum Gasteiger partial charge on any atom is 0.245 e.